The van der Waals surface area contributed by atoms with Crippen molar-refractivity contribution in [2.24, 2.45) is 0 Å². The molecule has 0 bridgehead atoms. The van der Waals surface area contributed by atoms with Gasteiger partial charge in [-0.05, 0) is 31.7 Å². The summed E-state index contributed by atoms with van der Waals surface area (Å²) in [4.78, 5) is 4.92. The zero-order valence-electron chi connectivity index (χ0n) is 10.3. The minimum Gasteiger partial charge on any atom is -0.485 e. The van der Waals surface area contributed by atoms with Gasteiger partial charge in [0.2, 0.25) is 0 Å². The van der Waals surface area contributed by atoms with E-state index in [1.54, 1.807) is 17.8 Å². The number of thiazole rings is 1. The fourth-order valence-electron chi connectivity index (χ4n) is 1.53. The first-order chi connectivity index (χ1) is 8.70. The molecular formula is C13H15FN2OS. The van der Waals surface area contributed by atoms with E-state index in [9.17, 15) is 4.39 Å². The molecule has 18 heavy (non-hydrogen) atoms. The summed E-state index contributed by atoms with van der Waals surface area (Å²) in [6, 6.07) is 5.16. The number of nitrogens with one attached hydrogen (secondary N) is 1. The van der Waals surface area contributed by atoms with Crippen LogP contribution in [-0.4, -0.2) is 12.0 Å². The molecule has 0 radical (unpaired) electrons. The van der Waals surface area contributed by atoms with Crippen LogP contribution in [0.2, 0.25) is 0 Å². The van der Waals surface area contributed by atoms with Crippen LogP contribution in [0.3, 0.4) is 0 Å². The van der Waals surface area contributed by atoms with Crippen molar-refractivity contribution in [3.05, 3.63) is 46.2 Å². The van der Waals surface area contributed by atoms with E-state index in [4.69, 9.17) is 4.74 Å². The molecule has 0 fully saturated rings. The first-order valence-electron chi connectivity index (χ1n) is 5.67. The second-order valence-corrected chi connectivity index (χ2v) is 4.93. The number of rotatable bonds is 5. The summed E-state index contributed by atoms with van der Waals surface area (Å²) >= 11 is 1.49. The van der Waals surface area contributed by atoms with Gasteiger partial charge in [-0.2, -0.15) is 0 Å². The lowest BCUT2D eigenvalue weighted by Gasteiger charge is -2.12. The van der Waals surface area contributed by atoms with Crippen LogP contribution in [0.25, 0.3) is 0 Å². The number of ether oxygens (including phenoxy) is 1. The summed E-state index contributed by atoms with van der Waals surface area (Å²) in [6.07, 6.45) is 1.72. The van der Waals surface area contributed by atoms with Gasteiger partial charge in [-0.15, -0.1) is 11.3 Å². The van der Waals surface area contributed by atoms with Crippen molar-refractivity contribution in [2.45, 2.75) is 19.6 Å². The highest BCUT2D eigenvalue weighted by Gasteiger charge is 2.09. The Bertz CT molecular complexity index is 502. The number of benzene rings is 1. The number of halogens is 1. The van der Waals surface area contributed by atoms with E-state index in [-0.39, 0.29) is 17.6 Å². The third-order valence-corrected chi connectivity index (χ3v) is 3.50. The van der Waals surface area contributed by atoms with Crippen LogP contribution in [0.4, 0.5) is 4.39 Å². The maximum atomic E-state index is 13.8. The van der Waals surface area contributed by atoms with Crippen LogP contribution < -0.4 is 10.1 Å². The predicted octanol–water partition coefficient (Wildman–Crippen LogP) is 3.14. The first-order valence-corrected chi connectivity index (χ1v) is 6.55. The van der Waals surface area contributed by atoms with Crippen molar-refractivity contribution in [1.82, 2.24) is 10.3 Å². The van der Waals surface area contributed by atoms with Crippen LogP contribution in [-0.2, 0) is 6.61 Å². The Morgan fingerprint density at radius 3 is 2.94 bits per heavy atom. The minimum atomic E-state index is -0.334. The summed E-state index contributed by atoms with van der Waals surface area (Å²) < 4.78 is 19.2. The van der Waals surface area contributed by atoms with E-state index in [1.165, 1.54) is 17.4 Å². The average molecular weight is 266 g/mol. The topological polar surface area (TPSA) is 34.1 Å². The zero-order valence-corrected chi connectivity index (χ0v) is 11.1. The Morgan fingerprint density at radius 1 is 1.50 bits per heavy atom. The highest BCUT2D eigenvalue weighted by atomic mass is 32.1. The number of aromatic nitrogens is 1. The smallest absolute Gasteiger partial charge is 0.165 e. The van der Waals surface area contributed by atoms with Crippen molar-refractivity contribution in [3.63, 3.8) is 0 Å². The van der Waals surface area contributed by atoms with Crippen molar-refractivity contribution in [1.29, 1.82) is 0 Å². The normalized spacial score (nSPS) is 12.4. The van der Waals surface area contributed by atoms with Gasteiger partial charge in [0.05, 0.1) is 10.4 Å². The lowest BCUT2D eigenvalue weighted by atomic mass is 10.1. The van der Waals surface area contributed by atoms with Crippen LogP contribution >= 0.6 is 11.3 Å². The molecule has 5 heteroatoms. The van der Waals surface area contributed by atoms with E-state index in [1.807, 2.05) is 20.0 Å². The highest BCUT2D eigenvalue weighted by Crippen LogP contribution is 2.23. The van der Waals surface area contributed by atoms with Gasteiger partial charge in [-0.3, -0.25) is 4.98 Å². The Hall–Kier alpha value is -1.46. The van der Waals surface area contributed by atoms with Crippen LogP contribution in [0.5, 0.6) is 5.75 Å². The molecule has 1 aromatic carbocycles. The molecule has 0 aliphatic carbocycles. The zero-order chi connectivity index (χ0) is 13.0. The largest absolute Gasteiger partial charge is 0.485 e. The Labute approximate surface area is 110 Å². The molecule has 2 rings (SSSR count). The minimum absolute atomic E-state index is 0.120. The van der Waals surface area contributed by atoms with E-state index in [0.717, 1.165) is 10.4 Å². The second kappa shape index (κ2) is 5.93. The predicted molar refractivity (Wildman–Crippen MR) is 70.3 cm³/mol. The fourth-order valence-corrected chi connectivity index (χ4v) is 2.04. The molecular weight excluding hydrogens is 251 g/mol. The highest BCUT2D eigenvalue weighted by molar-refractivity contribution is 7.09. The van der Waals surface area contributed by atoms with Gasteiger partial charge >= 0.3 is 0 Å². The molecule has 0 saturated carbocycles. The van der Waals surface area contributed by atoms with Gasteiger partial charge in [0.25, 0.3) is 0 Å². The fraction of sp³-hybridized carbons (Fsp3) is 0.308. The molecule has 0 saturated heterocycles. The SMILES string of the molecule is CNC(C)c1ccc(OCc2cncs2)c(F)c1. The van der Waals surface area contributed by atoms with Crippen LogP contribution in [0.15, 0.2) is 29.9 Å². The van der Waals surface area contributed by atoms with Gasteiger partial charge in [-0.1, -0.05) is 6.07 Å². The standard InChI is InChI=1S/C13H15FN2OS/c1-9(15-2)10-3-4-13(12(14)5-10)17-7-11-6-16-8-18-11/h3-6,8-9,15H,7H2,1-2H3. The van der Waals surface area contributed by atoms with E-state index >= 15 is 0 Å². The van der Waals surface area contributed by atoms with Crippen molar-refractivity contribution in [2.75, 3.05) is 7.05 Å². The number of hydrogen-bond acceptors (Lipinski definition) is 4. The Morgan fingerprint density at radius 2 is 2.33 bits per heavy atom. The van der Waals surface area contributed by atoms with Crippen molar-refractivity contribution >= 4 is 11.3 Å². The average Bonchev–Trinajstić information content (AvgIpc) is 2.89. The summed E-state index contributed by atoms with van der Waals surface area (Å²) in [5, 5.41) is 3.07. The molecule has 96 valence electrons. The lowest BCUT2D eigenvalue weighted by molar-refractivity contribution is 0.293. The first kappa shape index (κ1) is 13.0. The number of hydrogen-bond donors (Lipinski definition) is 1. The number of nitrogens with zero attached hydrogens (tertiary/aromatic N) is 1. The van der Waals surface area contributed by atoms with Gasteiger partial charge in [0.15, 0.2) is 11.6 Å². The van der Waals surface area contributed by atoms with Gasteiger partial charge in [0, 0.05) is 12.2 Å². The third kappa shape index (κ3) is 3.05. The van der Waals surface area contributed by atoms with Gasteiger partial charge < -0.3 is 10.1 Å². The van der Waals surface area contributed by atoms with Crippen LogP contribution in [0, 0.1) is 5.82 Å². The Balaban J connectivity index is 2.05. The molecule has 2 aromatic rings. The molecule has 1 unspecified atom stereocenters. The second-order valence-electron chi connectivity index (χ2n) is 3.96. The molecule has 0 amide bonds. The summed E-state index contributed by atoms with van der Waals surface area (Å²) in [5.41, 5.74) is 2.63. The third-order valence-electron chi connectivity index (χ3n) is 2.74. The van der Waals surface area contributed by atoms with E-state index in [2.05, 4.69) is 10.3 Å². The maximum Gasteiger partial charge on any atom is 0.165 e. The van der Waals surface area contributed by atoms with Gasteiger partial charge in [0.1, 0.15) is 6.61 Å². The van der Waals surface area contributed by atoms with Crippen molar-refractivity contribution < 1.29 is 9.13 Å². The maximum absolute atomic E-state index is 13.8. The summed E-state index contributed by atoms with van der Waals surface area (Å²) in [5.74, 6) is -0.0606. The monoisotopic (exact) mass is 266 g/mol. The van der Waals surface area contributed by atoms with E-state index in [0.29, 0.717) is 6.61 Å². The summed E-state index contributed by atoms with van der Waals surface area (Å²) in [7, 11) is 1.84. The molecule has 0 aliphatic rings. The van der Waals surface area contributed by atoms with Gasteiger partial charge in [-0.25, -0.2) is 4.39 Å². The molecule has 1 N–H and O–H groups in total. The summed E-state index contributed by atoms with van der Waals surface area (Å²) in [6.45, 7) is 2.33. The molecule has 0 spiro atoms. The van der Waals surface area contributed by atoms with Crippen LogP contribution in [0.1, 0.15) is 23.4 Å². The molecule has 1 aromatic heterocycles. The Kier molecular flexibility index (Phi) is 4.28. The molecule has 1 heterocycles. The molecule has 0 aliphatic heterocycles. The molecule has 3 nitrogen and oxygen atoms in total. The quantitative estimate of drug-likeness (QED) is 0.902. The van der Waals surface area contributed by atoms with E-state index < -0.39 is 0 Å². The van der Waals surface area contributed by atoms with Crippen molar-refractivity contribution in [3.8, 4) is 5.75 Å². The molecule has 1 atom stereocenters. The lowest BCUT2D eigenvalue weighted by Crippen LogP contribution is -2.12.